The predicted molar refractivity (Wildman–Crippen MR) is 250 cm³/mol. The summed E-state index contributed by atoms with van der Waals surface area (Å²) in [7, 11) is 0. The standard InChI is InChI=1S/C55H31N5O/c1-3-15-33(16-4-1)53-56-54(34-17-5-2-6-18-34)58-55(57-53)35-28-44-38-21-10-12-25-49(38)61-52(44)48(29-35)60-47-31-46-42(30-43(47)41-27-26-32-14-7-8-19-36(32)50(41)60)40-23-13-22-39-37-20-9-11-24-45(37)59(46)51(39)40/h1-31H. The molecule has 5 aromatic heterocycles. The Hall–Kier alpha value is -8.35. The molecule has 282 valence electrons. The van der Waals surface area contributed by atoms with E-state index < -0.39 is 0 Å². The normalized spacial score (nSPS) is 12.3. The molecular weight excluding hydrogens is 747 g/mol. The minimum absolute atomic E-state index is 0.587. The Morgan fingerprint density at radius 1 is 0.344 bits per heavy atom. The Morgan fingerprint density at radius 2 is 0.934 bits per heavy atom. The molecule has 0 aliphatic heterocycles. The zero-order valence-electron chi connectivity index (χ0n) is 32.5. The molecule has 0 bridgehead atoms. The summed E-state index contributed by atoms with van der Waals surface area (Å²) in [5, 5.41) is 11.7. The van der Waals surface area contributed by atoms with Gasteiger partial charge in [-0.05, 0) is 41.8 Å². The number of rotatable bonds is 4. The van der Waals surface area contributed by atoms with Gasteiger partial charge in [0.2, 0.25) is 0 Å². The van der Waals surface area contributed by atoms with E-state index in [-0.39, 0.29) is 0 Å². The third-order valence-corrected chi connectivity index (χ3v) is 12.7. The zero-order chi connectivity index (χ0) is 39.8. The molecule has 0 unspecified atom stereocenters. The largest absolute Gasteiger partial charge is 0.454 e. The maximum absolute atomic E-state index is 6.95. The van der Waals surface area contributed by atoms with Crippen LogP contribution in [0.4, 0.5) is 0 Å². The van der Waals surface area contributed by atoms with Crippen LogP contribution in [0.5, 0.6) is 0 Å². The van der Waals surface area contributed by atoms with Crippen LogP contribution in [0.3, 0.4) is 0 Å². The van der Waals surface area contributed by atoms with Gasteiger partial charge in [-0.3, -0.25) is 0 Å². The Bertz CT molecular complexity index is 4050. The summed E-state index contributed by atoms with van der Waals surface area (Å²) in [6, 6.07) is 66.5. The van der Waals surface area contributed by atoms with Crippen molar-refractivity contribution >= 4 is 92.6 Å². The van der Waals surface area contributed by atoms with Gasteiger partial charge >= 0.3 is 0 Å². The van der Waals surface area contributed by atoms with E-state index in [4.69, 9.17) is 19.4 Å². The molecule has 0 aliphatic carbocycles. The van der Waals surface area contributed by atoms with Crippen molar-refractivity contribution in [1.82, 2.24) is 23.9 Å². The Labute approximate surface area is 347 Å². The van der Waals surface area contributed by atoms with Crippen LogP contribution in [-0.4, -0.2) is 23.9 Å². The second-order valence-corrected chi connectivity index (χ2v) is 16.0. The molecule has 61 heavy (non-hydrogen) atoms. The van der Waals surface area contributed by atoms with Gasteiger partial charge in [-0.15, -0.1) is 0 Å². The average Bonchev–Trinajstić information content (AvgIpc) is 4.07. The SMILES string of the molecule is c1ccc(-c2nc(-c3ccccc3)nc(-c3cc(-n4c5cc6c(cc5c5ccc7ccccc7c54)c4cccc5c7ccccc7n6c54)c4oc5ccccc5c4c3)n2)cc1. The topological polar surface area (TPSA) is 61.2 Å². The first-order chi connectivity index (χ1) is 30.2. The lowest BCUT2D eigenvalue weighted by atomic mass is 10.0. The lowest BCUT2D eigenvalue weighted by molar-refractivity contribution is 0.666. The van der Waals surface area contributed by atoms with E-state index in [1.807, 2.05) is 66.7 Å². The third kappa shape index (κ3) is 4.53. The van der Waals surface area contributed by atoms with Crippen LogP contribution in [0.25, 0.3) is 132 Å². The number of aromatic nitrogens is 5. The average molecular weight is 778 g/mol. The summed E-state index contributed by atoms with van der Waals surface area (Å²) in [4.78, 5) is 15.5. The van der Waals surface area contributed by atoms with Gasteiger partial charge in [-0.2, -0.15) is 0 Å². The van der Waals surface area contributed by atoms with E-state index in [0.29, 0.717) is 17.5 Å². The van der Waals surface area contributed by atoms with Crippen molar-refractivity contribution < 1.29 is 4.42 Å². The molecule has 0 saturated carbocycles. The van der Waals surface area contributed by atoms with Crippen molar-refractivity contribution in [1.29, 1.82) is 0 Å². The minimum atomic E-state index is 0.587. The first kappa shape index (κ1) is 32.6. The van der Waals surface area contributed by atoms with Crippen molar-refractivity contribution in [2.45, 2.75) is 0 Å². The Morgan fingerprint density at radius 3 is 1.70 bits per heavy atom. The summed E-state index contributed by atoms with van der Waals surface area (Å²) in [6.07, 6.45) is 0. The molecule has 0 N–H and O–H groups in total. The van der Waals surface area contributed by atoms with E-state index in [1.54, 1.807) is 0 Å². The number of hydrogen-bond donors (Lipinski definition) is 0. The lowest BCUT2D eigenvalue weighted by Gasteiger charge is -2.13. The number of para-hydroxylation sites is 3. The van der Waals surface area contributed by atoms with Crippen molar-refractivity contribution in [2.75, 3.05) is 0 Å². The Kier molecular flexibility index (Phi) is 6.46. The molecule has 14 rings (SSSR count). The monoisotopic (exact) mass is 777 g/mol. The molecule has 0 atom stereocenters. The van der Waals surface area contributed by atoms with Crippen LogP contribution < -0.4 is 0 Å². The highest BCUT2D eigenvalue weighted by Crippen LogP contribution is 2.46. The first-order valence-electron chi connectivity index (χ1n) is 20.6. The molecule has 0 spiro atoms. The Balaban J connectivity index is 1.15. The molecular formula is C55H31N5O. The van der Waals surface area contributed by atoms with Gasteiger partial charge in [0.25, 0.3) is 0 Å². The summed E-state index contributed by atoms with van der Waals surface area (Å²) < 4.78 is 11.8. The zero-order valence-corrected chi connectivity index (χ0v) is 32.5. The van der Waals surface area contributed by atoms with Crippen LogP contribution in [0.15, 0.2) is 192 Å². The number of furan rings is 1. The number of fused-ring (bicyclic) bond motifs is 14. The number of hydrogen-bond acceptors (Lipinski definition) is 4. The van der Waals surface area contributed by atoms with Gasteiger partial charge in [-0.25, -0.2) is 15.0 Å². The highest BCUT2D eigenvalue weighted by Gasteiger charge is 2.25. The molecule has 14 aromatic rings. The summed E-state index contributed by atoms with van der Waals surface area (Å²) in [6.45, 7) is 0. The van der Waals surface area contributed by atoms with E-state index in [1.165, 1.54) is 54.3 Å². The summed E-state index contributed by atoms with van der Waals surface area (Å²) in [5.41, 5.74) is 11.1. The molecule has 6 nitrogen and oxygen atoms in total. The smallest absolute Gasteiger partial charge is 0.164 e. The molecule has 0 saturated heterocycles. The minimum Gasteiger partial charge on any atom is -0.454 e. The second kappa shape index (κ2) is 12.1. The summed E-state index contributed by atoms with van der Waals surface area (Å²) in [5.74, 6) is 1.82. The maximum Gasteiger partial charge on any atom is 0.164 e. The van der Waals surface area contributed by atoms with Gasteiger partial charge in [0.1, 0.15) is 5.58 Å². The van der Waals surface area contributed by atoms with Crippen LogP contribution in [0, 0.1) is 0 Å². The molecule has 0 aliphatic rings. The molecule has 6 heteroatoms. The van der Waals surface area contributed by atoms with Crippen molar-refractivity contribution in [3.8, 4) is 39.9 Å². The molecule has 5 heterocycles. The second-order valence-electron chi connectivity index (χ2n) is 16.0. The predicted octanol–water partition coefficient (Wildman–Crippen LogP) is 14.2. The van der Waals surface area contributed by atoms with Gasteiger partial charge in [-0.1, -0.05) is 152 Å². The van der Waals surface area contributed by atoms with E-state index in [2.05, 4.69) is 130 Å². The van der Waals surface area contributed by atoms with Gasteiger partial charge in [0.15, 0.2) is 23.1 Å². The number of benzene rings is 9. The van der Waals surface area contributed by atoms with Gasteiger partial charge in [0, 0.05) is 65.2 Å². The van der Waals surface area contributed by atoms with Crippen molar-refractivity contribution in [3.05, 3.63) is 188 Å². The summed E-state index contributed by atoms with van der Waals surface area (Å²) >= 11 is 0. The maximum atomic E-state index is 6.95. The van der Waals surface area contributed by atoms with Crippen LogP contribution in [0.1, 0.15) is 0 Å². The lowest BCUT2D eigenvalue weighted by Crippen LogP contribution is -2.01. The fourth-order valence-electron chi connectivity index (χ4n) is 9.99. The van der Waals surface area contributed by atoms with E-state index >= 15 is 0 Å². The highest BCUT2D eigenvalue weighted by molar-refractivity contribution is 6.28. The van der Waals surface area contributed by atoms with E-state index in [9.17, 15) is 0 Å². The van der Waals surface area contributed by atoms with Crippen molar-refractivity contribution in [3.63, 3.8) is 0 Å². The molecule has 0 amide bonds. The van der Waals surface area contributed by atoms with E-state index in [0.717, 1.165) is 60.7 Å². The molecule has 9 aromatic carbocycles. The van der Waals surface area contributed by atoms with Crippen LogP contribution >= 0.6 is 0 Å². The molecule has 0 fully saturated rings. The quantitative estimate of drug-likeness (QED) is 0.179. The number of nitrogens with zero attached hydrogens (tertiary/aromatic N) is 5. The fraction of sp³-hybridized carbons (Fsp3) is 0. The van der Waals surface area contributed by atoms with Gasteiger partial charge in [0.05, 0.1) is 33.3 Å². The van der Waals surface area contributed by atoms with Crippen molar-refractivity contribution in [2.24, 2.45) is 0 Å². The highest BCUT2D eigenvalue weighted by atomic mass is 16.3. The first-order valence-corrected chi connectivity index (χ1v) is 20.6. The molecule has 0 radical (unpaired) electrons. The van der Waals surface area contributed by atoms with Crippen LogP contribution in [-0.2, 0) is 0 Å². The van der Waals surface area contributed by atoms with Gasteiger partial charge < -0.3 is 13.4 Å². The third-order valence-electron chi connectivity index (χ3n) is 12.7. The fourth-order valence-corrected chi connectivity index (χ4v) is 9.99. The van der Waals surface area contributed by atoms with Crippen LogP contribution in [0.2, 0.25) is 0 Å².